The van der Waals surface area contributed by atoms with Crippen molar-refractivity contribution in [2.45, 2.75) is 13.5 Å². The molecule has 6 heteroatoms. The first-order chi connectivity index (χ1) is 11.6. The zero-order chi connectivity index (χ0) is 17.1. The molecule has 1 aliphatic rings. The molecule has 1 aliphatic heterocycles. The molecular weight excluding hydrogens is 306 g/mol. The maximum absolute atomic E-state index is 12.6. The monoisotopic (exact) mass is 327 g/mol. The van der Waals surface area contributed by atoms with Crippen LogP contribution >= 0.6 is 0 Å². The third kappa shape index (κ3) is 3.27. The summed E-state index contributed by atoms with van der Waals surface area (Å²) in [7, 11) is 3.64. The lowest BCUT2D eigenvalue weighted by Crippen LogP contribution is -2.30. The summed E-state index contributed by atoms with van der Waals surface area (Å²) >= 11 is 0. The largest absolute Gasteiger partial charge is 0.490 e. The Labute approximate surface area is 141 Å². The van der Waals surface area contributed by atoms with Crippen LogP contribution in [0.5, 0.6) is 11.5 Å². The molecule has 0 saturated carbocycles. The number of amides is 1. The van der Waals surface area contributed by atoms with E-state index < -0.39 is 0 Å². The number of rotatable bonds is 5. The Balaban J connectivity index is 1.77. The number of aryl methyl sites for hydroxylation is 1. The van der Waals surface area contributed by atoms with Crippen molar-refractivity contribution in [2.24, 2.45) is 7.05 Å². The number of benzene rings is 1. The summed E-state index contributed by atoms with van der Waals surface area (Å²) in [5.74, 6) is 1.36. The molecule has 0 fully saturated rings. The number of hydrogen-bond acceptors (Lipinski definition) is 4. The number of hydrogen-bond donors (Lipinski definition) is 0. The number of carbonyl (C=O) groups excluding carboxylic acids is 1. The van der Waals surface area contributed by atoms with Gasteiger partial charge in [0.15, 0.2) is 11.5 Å². The summed E-state index contributed by atoms with van der Waals surface area (Å²) in [6, 6.07) is 5.69. The maximum atomic E-state index is 12.6. The van der Waals surface area contributed by atoms with Crippen LogP contribution in [0.25, 0.3) is 6.08 Å². The second-order valence-corrected chi connectivity index (χ2v) is 5.75. The van der Waals surface area contributed by atoms with Gasteiger partial charge in [0.25, 0.3) is 5.91 Å². The van der Waals surface area contributed by atoms with Crippen molar-refractivity contribution in [3.05, 3.63) is 47.3 Å². The zero-order valence-electron chi connectivity index (χ0n) is 14.2. The zero-order valence-corrected chi connectivity index (χ0v) is 14.2. The number of para-hydroxylation sites is 1. The number of nitrogens with zero attached hydrogens (tertiary/aromatic N) is 3. The Kier molecular flexibility index (Phi) is 4.55. The molecule has 0 bridgehead atoms. The molecule has 0 spiro atoms. The number of ether oxygens (including phenoxy) is 2. The lowest BCUT2D eigenvalue weighted by atomic mass is 10.1. The van der Waals surface area contributed by atoms with Crippen LogP contribution < -0.4 is 9.47 Å². The van der Waals surface area contributed by atoms with Crippen LogP contribution in [0.4, 0.5) is 0 Å². The second-order valence-electron chi connectivity index (χ2n) is 5.75. The third-order valence-electron chi connectivity index (χ3n) is 3.81. The van der Waals surface area contributed by atoms with E-state index in [9.17, 15) is 4.79 Å². The molecular formula is C18H21N3O3. The maximum Gasteiger partial charge on any atom is 0.253 e. The molecule has 24 heavy (non-hydrogen) atoms. The van der Waals surface area contributed by atoms with Crippen molar-refractivity contribution in [3.63, 3.8) is 0 Å². The van der Waals surface area contributed by atoms with Gasteiger partial charge in [-0.2, -0.15) is 5.10 Å². The average molecular weight is 327 g/mol. The Bertz CT molecular complexity index is 780. The molecule has 1 aromatic heterocycles. The van der Waals surface area contributed by atoms with Crippen LogP contribution in [-0.2, 0) is 18.4 Å². The van der Waals surface area contributed by atoms with E-state index in [0.29, 0.717) is 30.2 Å². The summed E-state index contributed by atoms with van der Waals surface area (Å²) < 4.78 is 13.1. The van der Waals surface area contributed by atoms with E-state index >= 15 is 0 Å². The minimum Gasteiger partial charge on any atom is -0.490 e. The van der Waals surface area contributed by atoms with Crippen LogP contribution in [0.3, 0.4) is 0 Å². The molecule has 0 aliphatic carbocycles. The SMILES string of the molecule is CCOc1cccc2c1OCC(C(=O)N(C)Cc1cnn(C)c1)=C2. The fraction of sp³-hybridized carbons (Fsp3) is 0.333. The van der Waals surface area contributed by atoms with Crippen LogP contribution in [0, 0.1) is 0 Å². The Morgan fingerprint density at radius 1 is 1.46 bits per heavy atom. The number of aromatic nitrogens is 2. The summed E-state index contributed by atoms with van der Waals surface area (Å²) in [6.07, 6.45) is 5.54. The molecule has 0 atom stereocenters. The van der Waals surface area contributed by atoms with Crippen molar-refractivity contribution >= 4 is 12.0 Å². The van der Waals surface area contributed by atoms with Gasteiger partial charge in [0.1, 0.15) is 6.61 Å². The van der Waals surface area contributed by atoms with Gasteiger partial charge >= 0.3 is 0 Å². The van der Waals surface area contributed by atoms with Gasteiger partial charge in [0.2, 0.25) is 0 Å². The van der Waals surface area contributed by atoms with E-state index in [4.69, 9.17) is 9.47 Å². The standard InChI is InChI=1S/C18H21N3O3/c1-4-23-16-7-5-6-14-8-15(12-24-17(14)16)18(22)20(2)10-13-9-19-21(3)11-13/h5-9,11H,4,10,12H2,1-3H3. The molecule has 0 radical (unpaired) electrons. The first-order valence-electron chi connectivity index (χ1n) is 7.90. The minimum absolute atomic E-state index is 0.0497. The lowest BCUT2D eigenvalue weighted by molar-refractivity contribution is -0.126. The molecule has 1 aromatic carbocycles. The molecule has 0 N–H and O–H groups in total. The van der Waals surface area contributed by atoms with Gasteiger partial charge in [0, 0.05) is 38.0 Å². The predicted octanol–water partition coefficient (Wildman–Crippen LogP) is 2.25. The van der Waals surface area contributed by atoms with Crippen molar-refractivity contribution < 1.29 is 14.3 Å². The summed E-state index contributed by atoms with van der Waals surface area (Å²) in [6.45, 7) is 3.26. The molecule has 126 valence electrons. The van der Waals surface area contributed by atoms with E-state index in [1.54, 1.807) is 22.8 Å². The van der Waals surface area contributed by atoms with Crippen LogP contribution in [0.1, 0.15) is 18.1 Å². The van der Waals surface area contributed by atoms with Gasteiger partial charge in [-0.25, -0.2) is 0 Å². The van der Waals surface area contributed by atoms with Gasteiger partial charge < -0.3 is 14.4 Å². The second kappa shape index (κ2) is 6.78. The quantitative estimate of drug-likeness (QED) is 0.845. The van der Waals surface area contributed by atoms with Crippen LogP contribution in [-0.4, -0.2) is 40.8 Å². The number of carbonyl (C=O) groups is 1. The van der Waals surface area contributed by atoms with Crippen molar-refractivity contribution in [3.8, 4) is 11.5 Å². The Morgan fingerprint density at radius 3 is 3.00 bits per heavy atom. The highest BCUT2D eigenvalue weighted by molar-refractivity contribution is 5.99. The smallest absolute Gasteiger partial charge is 0.253 e. The fourth-order valence-electron chi connectivity index (χ4n) is 2.72. The molecule has 0 saturated heterocycles. The van der Waals surface area contributed by atoms with Crippen molar-refractivity contribution in [1.29, 1.82) is 0 Å². The van der Waals surface area contributed by atoms with Gasteiger partial charge in [-0.15, -0.1) is 0 Å². The van der Waals surface area contributed by atoms with E-state index in [1.165, 1.54) is 0 Å². The molecule has 6 nitrogen and oxygen atoms in total. The first kappa shape index (κ1) is 16.1. The Morgan fingerprint density at radius 2 is 2.29 bits per heavy atom. The summed E-state index contributed by atoms with van der Waals surface area (Å²) in [4.78, 5) is 14.3. The number of fused-ring (bicyclic) bond motifs is 1. The van der Waals surface area contributed by atoms with Crippen molar-refractivity contribution in [1.82, 2.24) is 14.7 Å². The lowest BCUT2D eigenvalue weighted by Gasteiger charge is -2.23. The predicted molar refractivity (Wildman–Crippen MR) is 90.8 cm³/mol. The Hall–Kier alpha value is -2.76. The molecule has 0 unspecified atom stereocenters. The van der Waals surface area contributed by atoms with Gasteiger partial charge in [-0.3, -0.25) is 9.48 Å². The molecule has 3 rings (SSSR count). The van der Waals surface area contributed by atoms with Crippen molar-refractivity contribution in [2.75, 3.05) is 20.3 Å². The first-order valence-corrected chi connectivity index (χ1v) is 7.90. The molecule has 2 aromatic rings. The van der Waals surface area contributed by atoms with E-state index in [2.05, 4.69) is 5.10 Å². The normalized spacial score (nSPS) is 12.9. The van der Waals surface area contributed by atoms with E-state index in [0.717, 1.165) is 11.1 Å². The highest BCUT2D eigenvalue weighted by Crippen LogP contribution is 2.36. The number of likely N-dealkylation sites (N-methyl/N-ethyl adjacent to an activating group) is 1. The highest BCUT2D eigenvalue weighted by Gasteiger charge is 2.22. The third-order valence-corrected chi connectivity index (χ3v) is 3.81. The topological polar surface area (TPSA) is 56.6 Å². The minimum atomic E-state index is -0.0497. The van der Waals surface area contributed by atoms with E-state index in [1.807, 2.05) is 44.4 Å². The van der Waals surface area contributed by atoms with Gasteiger partial charge in [-0.05, 0) is 19.1 Å². The van der Waals surface area contributed by atoms with E-state index in [-0.39, 0.29) is 12.5 Å². The van der Waals surface area contributed by atoms with Crippen LogP contribution in [0.15, 0.2) is 36.2 Å². The highest BCUT2D eigenvalue weighted by atomic mass is 16.5. The summed E-state index contributed by atoms with van der Waals surface area (Å²) in [5, 5.41) is 4.12. The van der Waals surface area contributed by atoms with Gasteiger partial charge in [-0.1, -0.05) is 12.1 Å². The molecule has 2 heterocycles. The fourth-order valence-corrected chi connectivity index (χ4v) is 2.72. The van der Waals surface area contributed by atoms with Gasteiger partial charge in [0.05, 0.1) is 18.4 Å². The summed E-state index contributed by atoms with van der Waals surface area (Å²) in [5.41, 5.74) is 2.48. The molecule has 1 amide bonds. The average Bonchev–Trinajstić information content (AvgIpc) is 2.99. The van der Waals surface area contributed by atoms with Crippen LogP contribution in [0.2, 0.25) is 0 Å².